The molecule has 0 aromatic heterocycles. The van der Waals surface area contributed by atoms with Gasteiger partial charge in [0.15, 0.2) is 5.79 Å². The number of nitrogens with zero attached hydrogens (tertiary/aromatic N) is 1. The second-order valence-corrected chi connectivity index (χ2v) is 8.17. The van der Waals surface area contributed by atoms with Gasteiger partial charge < -0.3 is 25.0 Å². The van der Waals surface area contributed by atoms with Crippen molar-refractivity contribution in [3.05, 3.63) is 59.5 Å². The lowest BCUT2D eigenvalue weighted by molar-refractivity contribution is -0.169. The van der Waals surface area contributed by atoms with Gasteiger partial charge in [0.1, 0.15) is 5.82 Å². The first-order valence-corrected chi connectivity index (χ1v) is 10.6. The molecule has 0 saturated carbocycles. The summed E-state index contributed by atoms with van der Waals surface area (Å²) in [4.78, 5) is 13.9. The largest absolute Gasteiger partial charge is 0.418 e. The number of benzene rings is 2. The number of carbonyl (C=O) groups is 1. The summed E-state index contributed by atoms with van der Waals surface area (Å²) < 4.78 is 66.6. The Kier molecular flexibility index (Phi) is 5.29. The number of carbonyl (C=O) groups excluding carboxylic acids is 1. The predicted molar refractivity (Wildman–Crippen MR) is 114 cm³/mol. The summed E-state index contributed by atoms with van der Waals surface area (Å²) in [6, 6.07) is 7.81. The Hall–Kier alpha value is -3.11. The fourth-order valence-electron chi connectivity index (χ4n) is 4.46. The van der Waals surface area contributed by atoms with Crippen LogP contribution in [0.1, 0.15) is 24.0 Å². The molecule has 0 bridgehead atoms. The molecule has 3 aliphatic rings. The van der Waals surface area contributed by atoms with Gasteiger partial charge in [-0.25, -0.2) is 4.39 Å². The number of amides is 1. The highest BCUT2D eigenvalue weighted by Crippen LogP contribution is 2.41. The van der Waals surface area contributed by atoms with E-state index in [1.165, 1.54) is 36.5 Å². The molecule has 0 atom stereocenters. The van der Waals surface area contributed by atoms with Crippen LogP contribution in [0.25, 0.3) is 5.57 Å². The fourth-order valence-corrected chi connectivity index (χ4v) is 4.46. The predicted octanol–water partition coefficient (Wildman–Crippen LogP) is 4.59. The molecule has 0 unspecified atom stereocenters. The highest BCUT2D eigenvalue weighted by molar-refractivity contribution is 6.31. The smallest absolute Gasteiger partial charge is 0.371 e. The van der Waals surface area contributed by atoms with Crippen molar-refractivity contribution in [3.8, 4) is 0 Å². The fraction of sp³-hybridized carbons (Fsp3) is 0.348. The maximum absolute atomic E-state index is 13.9. The van der Waals surface area contributed by atoms with Crippen LogP contribution in [0.3, 0.4) is 0 Å². The van der Waals surface area contributed by atoms with E-state index in [4.69, 9.17) is 9.47 Å². The molecule has 1 spiro atoms. The number of ether oxygens (including phenoxy) is 2. The van der Waals surface area contributed by atoms with Crippen molar-refractivity contribution in [1.82, 2.24) is 0 Å². The number of alkyl halides is 3. The zero-order valence-electron chi connectivity index (χ0n) is 17.5. The van der Waals surface area contributed by atoms with Crippen LogP contribution < -0.4 is 15.5 Å². The Balaban J connectivity index is 1.39. The number of halogens is 4. The Morgan fingerprint density at radius 1 is 1.06 bits per heavy atom. The molecule has 2 saturated heterocycles. The first kappa shape index (κ1) is 21.7. The van der Waals surface area contributed by atoms with Gasteiger partial charge in [-0.3, -0.25) is 4.79 Å². The number of anilines is 3. The third-order valence-corrected chi connectivity index (χ3v) is 6.13. The van der Waals surface area contributed by atoms with E-state index < -0.39 is 29.3 Å². The summed E-state index contributed by atoms with van der Waals surface area (Å²) in [5.41, 5.74) is 0.391. The Labute approximate surface area is 187 Å². The summed E-state index contributed by atoms with van der Waals surface area (Å²) in [6.07, 6.45) is -2.31. The van der Waals surface area contributed by atoms with Crippen LogP contribution in [-0.2, 0) is 20.4 Å². The minimum absolute atomic E-state index is 0.0829. The van der Waals surface area contributed by atoms with Crippen molar-refractivity contribution in [1.29, 1.82) is 0 Å². The van der Waals surface area contributed by atoms with Gasteiger partial charge >= 0.3 is 6.18 Å². The van der Waals surface area contributed by atoms with Gasteiger partial charge in [0.05, 0.1) is 24.4 Å². The Morgan fingerprint density at radius 3 is 2.48 bits per heavy atom. The molecule has 174 valence electrons. The molecule has 3 aliphatic heterocycles. The molecule has 5 rings (SSSR count). The van der Waals surface area contributed by atoms with E-state index in [9.17, 15) is 22.4 Å². The molecule has 2 aromatic carbocycles. The molecule has 2 aromatic rings. The van der Waals surface area contributed by atoms with Crippen molar-refractivity contribution >= 4 is 28.5 Å². The molecule has 2 fully saturated rings. The van der Waals surface area contributed by atoms with E-state index in [2.05, 4.69) is 10.6 Å². The van der Waals surface area contributed by atoms with E-state index >= 15 is 0 Å². The zero-order chi connectivity index (χ0) is 23.2. The molecule has 2 N–H and O–H groups in total. The third kappa shape index (κ3) is 4.16. The minimum Gasteiger partial charge on any atom is -0.371 e. The molecule has 33 heavy (non-hydrogen) atoms. The standard InChI is InChI=1S/C23H21F4N3O3/c24-14-1-3-19-16(11-14)17(21(31)29-19)13-28-15-2-4-20(18(12-15)23(25,26)27)30-7-5-22(6-8-30)32-9-10-33-22/h1-4,11-13,28H,5-10H2,(H,29,31). The van der Waals surface area contributed by atoms with E-state index in [1.807, 2.05) is 0 Å². The average Bonchev–Trinajstić information content (AvgIpc) is 3.36. The van der Waals surface area contributed by atoms with Crippen molar-refractivity contribution < 1.29 is 31.8 Å². The van der Waals surface area contributed by atoms with Crippen LogP contribution >= 0.6 is 0 Å². The van der Waals surface area contributed by atoms with Gasteiger partial charge in [0.25, 0.3) is 5.91 Å². The number of rotatable bonds is 3. The van der Waals surface area contributed by atoms with E-state index in [0.717, 1.165) is 6.07 Å². The zero-order valence-corrected chi connectivity index (χ0v) is 17.5. The highest BCUT2D eigenvalue weighted by atomic mass is 19.4. The van der Waals surface area contributed by atoms with Crippen molar-refractivity contribution in [2.24, 2.45) is 0 Å². The molecule has 6 nitrogen and oxygen atoms in total. The molecule has 3 heterocycles. The maximum Gasteiger partial charge on any atom is 0.418 e. The van der Waals surface area contributed by atoms with Gasteiger partial charge in [-0.2, -0.15) is 13.2 Å². The SMILES string of the molecule is O=C1Nc2ccc(F)cc2C1=CNc1ccc(N2CCC3(CC2)OCCO3)c(C(F)(F)F)c1. The molecule has 10 heteroatoms. The van der Waals surface area contributed by atoms with Crippen molar-refractivity contribution in [2.45, 2.75) is 24.8 Å². The molecular weight excluding hydrogens is 442 g/mol. The average molecular weight is 463 g/mol. The van der Waals surface area contributed by atoms with Crippen molar-refractivity contribution in [3.63, 3.8) is 0 Å². The quantitative estimate of drug-likeness (QED) is 0.515. The highest BCUT2D eigenvalue weighted by Gasteiger charge is 2.42. The summed E-state index contributed by atoms with van der Waals surface area (Å²) >= 11 is 0. The molecular formula is C23H21F4N3O3. The topological polar surface area (TPSA) is 62.8 Å². The lowest BCUT2D eigenvalue weighted by Gasteiger charge is -2.39. The van der Waals surface area contributed by atoms with Gasteiger partial charge in [0.2, 0.25) is 0 Å². The maximum atomic E-state index is 13.9. The van der Waals surface area contributed by atoms with E-state index in [-0.39, 0.29) is 16.9 Å². The summed E-state index contributed by atoms with van der Waals surface area (Å²) in [6.45, 7) is 1.75. The lowest BCUT2D eigenvalue weighted by Crippen LogP contribution is -2.45. The molecule has 0 aliphatic carbocycles. The van der Waals surface area contributed by atoms with Gasteiger partial charge in [-0.05, 0) is 36.4 Å². The molecule has 1 amide bonds. The first-order chi connectivity index (χ1) is 15.7. The van der Waals surface area contributed by atoms with Crippen LogP contribution in [0.2, 0.25) is 0 Å². The number of fused-ring (bicyclic) bond motifs is 1. The van der Waals surface area contributed by atoms with Crippen LogP contribution in [0.4, 0.5) is 34.6 Å². The van der Waals surface area contributed by atoms with Gasteiger partial charge in [-0.1, -0.05) is 0 Å². The second kappa shape index (κ2) is 8.03. The number of nitrogens with one attached hydrogen (secondary N) is 2. The molecule has 0 radical (unpaired) electrons. The Bertz CT molecular complexity index is 1120. The number of hydrogen-bond donors (Lipinski definition) is 2. The lowest BCUT2D eigenvalue weighted by atomic mass is 10.0. The normalized spacial score (nSPS) is 20.9. The number of piperidine rings is 1. The van der Waals surface area contributed by atoms with E-state index in [1.54, 1.807) is 4.90 Å². The Morgan fingerprint density at radius 2 is 1.79 bits per heavy atom. The van der Waals surface area contributed by atoms with Crippen LogP contribution in [0.15, 0.2) is 42.6 Å². The van der Waals surface area contributed by atoms with Crippen LogP contribution in [0.5, 0.6) is 0 Å². The summed E-state index contributed by atoms with van der Waals surface area (Å²) in [5, 5.41) is 5.35. The van der Waals surface area contributed by atoms with Crippen LogP contribution in [-0.4, -0.2) is 38.0 Å². The minimum atomic E-state index is -4.57. The first-order valence-electron chi connectivity index (χ1n) is 10.6. The van der Waals surface area contributed by atoms with Gasteiger partial charge in [0, 0.05) is 54.8 Å². The van der Waals surface area contributed by atoms with E-state index in [0.29, 0.717) is 50.4 Å². The third-order valence-electron chi connectivity index (χ3n) is 6.13. The van der Waals surface area contributed by atoms with Crippen molar-refractivity contribution in [2.75, 3.05) is 41.8 Å². The second-order valence-electron chi connectivity index (χ2n) is 8.17. The van der Waals surface area contributed by atoms with Gasteiger partial charge in [-0.15, -0.1) is 0 Å². The van der Waals surface area contributed by atoms with Crippen LogP contribution in [0, 0.1) is 5.82 Å². The summed E-state index contributed by atoms with van der Waals surface area (Å²) in [7, 11) is 0. The number of hydrogen-bond acceptors (Lipinski definition) is 5. The monoisotopic (exact) mass is 463 g/mol. The summed E-state index contributed by atoms with van der Waals surface area (Å²) in [5.74, 6) is -1.66.